The molecular weight excluding hydrogens is 296 g/mol. The molecule has 8 nitrogen and oxygen atoms in total. The number of hydrogen-bond donors (Lipinski definition) is 2. The lowest BCUT2D eigenvalue weighted by Gasteiger charge is -2.31. The third-order valence-electron chi connectivity index (χ3n) is 2.23. The van der Waals surface area contributed by atoms with Crippen molar-refractivity contribution in [3.63, 3.8) is 0 Å². The van der Waals surface area contributed by atoms with Gasteiger partial charge in [-0.1, -0.05) is 0 Å². The normalized spacial score (nSPS) is 21.1. The highest BCUT2D eigenvalue weighted by Gasteiger charge is 2.38. The van der Waals surface area contributed by atoms with E-state index >= 15 is 0 Å². The Morgan fingerprint density at radius 3 is 2.63 bits per heavy atom. The molecule has 110 valence electrons. The van der Waals surface area contributed by atoms with E-state index in [-0.39, 0.29) is 12.3 Å². The van der Waals surface area contributed by atoms with Crippen molar-refractivity contribution in [1.82, 2.24) is 9.03 Å². The van der Waals surface area contributed by atoms with Gasteiger partial charge in [0, 0.05) is 18.1 Å². The maximum Gasteiger partial charge on any atom is 0.422 e. The second kappa shape index (κ2) is 6.44. The van der Waals surface area contributed by atoms with E-state index in [2.05, 4.69) is 4.74 Å². The SMILES string of the molecule is CC(C)OC(=O)NS(=O)(=O)N1CCSCC1C(=O)O. The summed E-state index contributed by atoms with van der Waals surface area (Å²) < 4.78 is 31.0. The number of ether oxygens (including phenoxy) is 1. The van der Waals surface area contributed by atoms with Crippen LogP contribution in [0.15, 0.2) is 0 Å². The molecule has 1 saturated heterocycles. The number of hydrogen-bond acceptors (Lipinski definition) is 6. The van der Waals surface area contributed by atoms with E-state index in [1.165, 1.54) is 11.8 Å². The fraction of sp³-hybridized carbons (Fsp3) is 0.778. The largest absolute Gasteiger partial charge is 0.480 e. The maximum atomic E-state index is 11.9. The van der Waals surface area contributed by atoms with Gasteiger partial charge in [-0.25, -0.2) is 9.52 Å². The molecule has 1 fully saturated rings. The number of thioether (sulfide) groups is 1. The van der Waals surface area contributed by atoms with Crippen LogP contribution in [-0.4, -0.2) is 60.1 Å². The van der Waals surface area contributed by atoms with Gasteiger partial charge in [0.2, 0.25) is 0 Å². The quantitative estimate of drug-likeness (QED) is 0.743. The molecule has 0 spiro atoms. The summed E-state index contributed by atoms with van der Waals surface area (Å²) in [5.41, 5.74) is 0. The number of nitrogens with one attached hydrogen (secondary N) is 1. The molecule has 0 aromatic rings. The van der Waals surface area contributed by atoms with Gasteiger partial charge < -0.3 is 9.84 Å². The van der Waals surface area contributed by atoms with Crippen LogP contribution in [0, 0.1) is 0 Å². The Hall–Kier alpha value is -1.00. The minimum Gasteiger partial charge on any atom is -0.480 e. The van der Waals surface area contributed by atoms with Crippen LogP contribution >= 0.6 is 11.8 Å². The molecule has 0 aliphatic carbocycles. The molecule has 2 N–H and O–H groups in total. The summed E-state index contributed by atoms with van der Waals surface area (Å²) in [7, 11) is -4.21. The summed E-state index contributed by atoms with van der Waals surface area (Å²) in [6.07, 6.45) is -1.58. The zero-order chi connectivity index (χ0) is 14.6. The lowest BCUT2D eigenvalue weighted by Crippen LogP contribution is -2.55. The summed E-state index contributed by atoms with van der Waals surface area (Å²) >= 11 is 1.35. The molecule has 0 radical (unpaired) electrons. The van der Waals surface area contributed by atoms with Gasteiger partial charge in [-0.3, -0.25) is 4.79 Å². The van der Waals surface area contributed by atoms with Crippen LogP contribution in [0.2, 0.25) is 0 Å². The molecule has 1 aliphatic rings. The second-order valence-electron chi connectivity index (χ2n) is 4.10. The van der Waals surface area contributed by atoms with Crippen LogP contribution in [0.25, 0.3) is 0 Å². The zero-order valence-corrected chi connectivity index (χ0v) is 12.2. The standard InChI is InChI=1S/C9H16N2O6S2/c1-6(2)17-9(14)10-19(15,16)11-3-4-18-5-7(11)8(12)13/h6-7H,3-5H2,1-2H3,(H,10,14)(H,12,13). The van der Waals surface area contributed by atoms with E-state index in [9.17, 15) is 18.0 Å². The summed E-state index contributed by atoms with van der Waals surface area (Å²) in [6.45, 7) is 3.18. The van der Waals surface area contributed by atoms with Crippen molar-refractivity contribution >= 4 is 34.0 Å². The first-order valence-electron chi connectivity index (χ1n) is 5.55. The molecule has 0 bridgehead atoms. The molecule has 1 aliphatic heterocycles. The number of nitrogens with zero attached hydrogens (tertiary/aromatic N) is 1. The summed E-state index contributed by atoms with van der Waals surface area (Å²) in [6, 6.07) is -1.18. The first-order chi connectivity index (χ1) is 8.74. The van der Waals surface area contributed by atoms with Crippen molar-refractivity contribution in [3.8, 4) is 0 Å². The Kier molecular flexibility index (Phi) is 5.44. The van der Waals surface area contributed by atoms with E-state index in [0.29, 0.717) is 5.75 Å². The molecular formula is C9H16N2O6S2. The highest BCUT2D eigenvalue weighted by Crippen LogP contribution is 2.19. The Bertz CT molecular complexity index is 450. The minimum atomic E-state index is -4.21. The number of carboxylic acid groups (broad SMARTS) is 1. The second-order valence-corrected chi connectivity index (χ2v) is 6.87. The van der Waals surface area contributed by atoms with Gasteiger partial charge in [-0.2, -0.15) is 24.5 Å². The molecule has 1 amide bonds. The third-order valence-corrected chi connectivity index (χ3v) is 4.73. The molecule has 1 unspecified atom stereocenters. The molecule has 0 saturated carbocycles. The van der Waals surface area contributed by atoms with E-state index in [0.717, 1.165) is 4.31 Å². The molecule has 10 heteroatoms. The fourth-order valence-electron chi connectivity index (χ4n) is 1.47. The smallest absolute Gasteiger partial charge is 0.422 e. The Balaban J connectivity index is 2.79. The predicted molar refractivity (Wildman–Crippen MR) is 69.1 cm³/mol. The Morgan fingerprint density at radius 1 is 1.47 bits per heavy atom. The molecule has 1 heterocycles. The van der Waals surface area contributed by atoms with Crippen LogP contribution in [-0.2, 0) is 19.7 Å². The number of carbonyl (C=O) groups is 2. The van der Waals surface area contributed by atoms with Crippen molar-refractivity contribution in [2.45, 2.75) is 26.0 Å². The lowest BCUT2D eigenvalue weighted by molar-refractivity contribution is -0.140. The van der Waals surface area contributed by atoms with Gasteiger partial charge in [-0.15, -0.1) is 0 Å². The van der Waals surface area contributed by atoms with E-state index in [1.54, 1.807) is 18.6 Å². The third kappa shape index (κ3) is 4.55. The average molecular weight is 312 g/mol. The van der Waals surface area contributed by atoms with Crippen molar-refractivity contribution in [3.05, 3.63) is 0 Å². The van der Waals surface area contributed by atoms with Gasteiger partial charge in [0.25, 0.3) is 0 Å². The predicted octanol–water partition coefficient (Wildman–Crippen LogP) is -0.132. The molecule has 1 rings (SSSR count). The van der Waals surface area contributed by atoms with Crippen LogP contribution in [0.3, 0.4) is 0 Å². The minimum absolute atomic E-state index is 0.0337. The van der Waals surface area contributed by atoms with Gasteiger partial charge in [0.1, 0.15) is 6.04 Å². The molecule has 0 aromatic heterocycles. The van der Waals surface area contributed by atoms with Gasteiger partial charge in [-0.05, 0) is 13.8 Å². The van der Waals surface area contributed by atoms with Gasteiger partial charge in [0.05, 0.1) is 6.10 Å². The lowest BCUT2D eigenvalue weighted by atomic mass is 10.3. The average Bonchev–Trinajstić information content (AvgIpc) is 2.26. The van der Waals surface area contributed by atoms with E-state index in [4.69, 9.17) is 5.11 Å². The zero-order valence-electron chi connectivity index (χ0n) is 10.5. The number of aliphatic carboxylic acids is 1. The van der Waals surface area contributed by atoms with Crippen molar-refractivity contribution < 1.29 is 27.9 Å². The first-order valence-corrected chi connectivity index (χ1v) is 8.14. The summed E-state index contributed by atoms with van der Waals surface area (Å²) in [4.78, 5) is 22.3. The summed E-state index contributed by atoms with van der Waals surface area (Å²) in [5.74, 6) is -0.617. The number of rotatable bonds is 4. The van der Waals surface area contributed by atoms with Crippen LogP contribution in [0.4, 0.5) is 4.79 Å². The van der Waals surface area contributed by atoms with Gasteiger partial charge >= 0.3 is 22.3 Å². The highest BCUT2D eigenvalue weighted by molar-refractivity contribution is 7.99. The number of amides is 1. The topological polar surface area (TPSA) is 113 Å². The van der Waals surface area contributed by atoms with Crippen molar-refractivity contribution in [2.24, 2.45) is 0 Å². The van der Waals surface area contributed by atoms with Crippen LogP contribution < -0.4 is 4.72 Å². The van der Waals surface area contributed by atoms with Crippen molar-refractivity contribution in [1.29, 1.82) is 0 Å². The number of carboxylic acids is 1. The van der Waals surface area contributed by atoms with E-state index < -0.39 is 34.4 Å². The van der Waals surface area contributed by atoms with Crippen molar-refractivity contribution in [2.75, 3.05) is 18.1 Å². The summed E-state index contributed by atoms with van der Waals surface area (Å²) in [5, 5.41) is 8.99. The Labute approximate surface area is 115 Å². The highest BCUT2D eigenvalue weighted by atomic mass is 32.2. The van der Waals surface area contributed by atoms with Gasteiger partial charge in [0.15, 0.2) is 0 Å². The maximum absolute atomic E-state index is 11.9. The van der Waals surface area contributed by atoms with Crippen LogP contribution in [0.1, 0.15) is 13.8 Å². The molecule has 19 heavy (non-hydrogen) atoms. The molecule has 0 aromatic carbocycles. The first kappa shape index (κ1) is 16.1. The monoisotopic (exact) mass is 312 g/mol. The fourth-order valence-corrected chi connectivity index (χ4v) is 3.93. The molecule has 1 atom stereocenters. The Morgan fingerprint density at radius 2 is 2.11 bits per heavy atom. The number of carbonyl (C=O) groups excluding carboxylic acids is 1. The van der Waals surface area contributed by atoms with E-state index in [1.807, 2.05) is 0 Å². The van der Waals surface area contributed by atoms with Crippen LogP contribution in [0.5, 0.6) is 0 Å².